The molecule has 1 aliphatic heterocycles. The van der Waals surface area contributed by atoms with E-state index in [-0.39, 0.29) is 11.8 Å². The van der Waals surface area contributed by atoms with E-state index in [2.05, 4.69) is 15.3 Å². The van der Waals surface area contributed by atoms with E-state index in [1.165, 1.54) is 0 Å². The Balaban J connectivity index is 2.16. The van der Waals surface area contributed by atoms with Crippen molar-refractivity contribution in [2.75, 3.05) is 26.3 Å². The molecule has 0 radical (unpaired) electrons. The number of hydrogen-bond donors (Lipinski definition) is 1. The van der Waals surface area contributed by atoms with Crippen molar-refractivity contribution in [2.45, 2.75) is 12.8 Å². The summed E-state index contributed by atoms with van der Waals surface area (Å²) in [5.74, 6) is -0.0346. The number of hydrogen-bond acceptors (Lipinski definition) is 3. The van der Waals surface area contributed by atoms with Crippen LogP contribution in [0.2, 0.25) is 0 Å². The SMILES string of the molecule is [N-]=[N+]=NCCNC(=O)C1CCCOC1. The van der Waals surface area contributed by atoms with Crippen molar-refractivity contribution < 1.29 is 9.53 Å². The average molecular weight is 198 g/mol. The predicted molar refractivity (Wildman–Crippen MR) is 50.6 cm³/mol. The van der Waals surface area contributed by atoms with Gasteiger partial charge in [0.15, 0.2) is 0 Å². The lowest BCUT2D eigenvalue weighted by atomic mass is 10.0. The van der Waals surface area contributed by atoms with Gasteiger partial charge in [0.25, 0.3) is 0 Å². The Labute approximate surface area is 82.2 Å². The molecular formula is C8H14N4O2. The zero-order valence-corrected chi connectivity index (χ0v) is 7.98. The molecule has 0 spiro atoms. The Morgan fingerprint density at radius 3 is 3.21 bits per heavy atom. The lowest BCUT2D eigenvalue weighted by Gasteiger charge is -2.20. The van der Waals surface area contributed by atoms with Gasteiger partial charge < -0.3 is 10.1 Å². The first-order valence-corrected chi connectivity index (χ1v) is 4.71. The molecule has 1 heterocycles. The highest BCUT2D eigenvalue weighted by Gasteiger charge is 2.20. The second-order valence-corrected chi connectivity index (χ2v) is 3.16. The van der Waals surface area contributed by atoms with E-state index in [1.807, 2.05) is 0 Å². The van der Waals surface area contributed by atoms with E-state index in [0.29, 0.717) is 19.7 Å². The first-order chi connectivity index (χ1) is 6.84. The topological polar surface area (TPSA) is 87.1 Å². The molecule has 1 N–H and O–H groups in total. The van der Waals surface area contributed by atoms with Crippen LogP contribution in [0.15, 0.2) is 5.11 Å². The summed E-state index contributed by atoms with van der Waals surface area (Å²) in [4.78, 5) is 14.0. The second kappa shape index (κ2) is 6.23. The molecule has 1 aliphatic rings. The fourth-order valence-electron chi connectivity index (χ4n) is 1.37. The summed E-state index contributed by atoms with van der Waals surface area (Å²) in [5, 5.41) is 6.03. The van der Waals surface area contributed by atoms with Crippen molar-refractivity contribution in [2.24, 2.45) is 11.0 Å². The van der Waals surface area contributed by atoms with Gasteiger partial charge in [0.05, 0.1) is 12.5 Å². The summed E-state index contributed by atoms with van der Waals surface area (Å²) in [6.07, 6.45) is 1.82. The highest BCUT2D eigenvalue weighted by atomic mass is 16.5. The van der Waals surface area contributed by atoms with Crippen molar-refractivity contribution in [1.82, 2.24) is 5.32 Å². The quantitative estimate of drug-likeness (QED) is 0.314. The normalized spacial score (nSPS) is 21.0. The molecule has 1 fully saturated rings. The van der Waals surface area contributed by atoms with Gasteiger partial charge in [-0.1, -0.05) is 5.11 Å². The fourth-order valence-corrected chi connectivity index (χ4v) is 1.37. The zero-order chi connectivity index (χ0) is 10.2. The third-order valence-electron chi connectivity index (χ3n) is 2.11. The molecule has 0 aromatic carbocycles. The standard InChI is InChI=1S/C8H14N4O2/c9-12-11-4-3-10-8(13)7-2-1-5-14-6-7/h7H,1-6H2,(H,10,13). The smallest absolute Gasteiger partial charge is 0.225 e. The minimum atomic E-state index is -0.0326. The molecule has 0 aliphatic carbocycles. The average Bonchev–Trinajstić information content (AvgIpc) is 2.25. The number of carbonyl (C=O) groups is 1. The second-order valence-electron chi connectivity index (χ2n) is 3.16. The van der Waals surface area contributed by atoms with Gasteiger partial charge in [0.1, 0.15) is 0 Å². The molecule has 0 bridgehead atoms. The molecule has 6 nitrogen and oxygen atoms in total. The Morgan fingerprint density at radius 1 is 1.71 bits per heavy atom. The maximum Gasteiger partial charge on any atom is 0.225 e. The molecule has 0 saturated carbocycles. The summed E-state index contributed by atoms with van der Waals surface area (Å²) in [6.45, 7) is 1.96. The Kier molecular flexibility index (Phi) is 4.82. The number of nitrogens with zero attached hydrogens (tertiary/aromatic N) is 3. The molecular weight excluding hydrogens is 184 g/mol. The van der Waals surface area contributed by atoms with Crippen molar-refractivity contribution in [1.29, 1.82) is 0 Å². The molecule has 1 rings (SSSR count). The van der Waals surface area contributed by atoms with E-state index < -0.39 is 0 Å². The molecule has 0 aromatic heterocycles. The van der Waals surface area contributed by atoms with Crippen molar-refractivity contribution in [3.63, 3.8) is 0 Å². The number of azide groups is 1. The summed E-state index contributed by atoms with van der Waals surface area (Å²) in [7, 11) is 0. The van der Waals surface area contributed by atoms with Crippen LogP contribution < -0.4 is 5.32 Å². The van der Waals surface area contributed by atoms with Gasteiger partial charge in [-0.2, -0.15) is 0 Å². The summed E-state index contributed by atoms with van der Waals surface area (Å²) in [5.41, 5.74) is 8.01. The Bertz CT molecular complexity index is 231. The minimum Gasteiger partial charge on any atom is -0.381 e. The zero-order valence-electron chi connectivity index (χ0n) is 7.98. The van der Waals surface area contributed by atoms with Crippen LogP contribution >= 0.6 is 0 Å². The van der Waals surface area contributed by atoms with E-state index in [1.54, 1.807) is 0 Å². The van der Waals surface area contributed by atoms with Gasteiger partial charge in [-0.3, -0.25) is 4.79 Å². The van der Waals surface area contributed by atoms with Crippen molar-refractivity contribution >= 4 is 5.91 Å². The summed E-state index contributed by atoms with van der Waals surface area (Å²) < 4.78 is 5.19. The molecule has 1 amide bonds. The summed E-state index contributed by atoms with van der Waals surface area (Å²) >= 11 is 0. The lowest BCUT2D eigenvalue weighted by Crippen LogP contribution is -2.36. The van der Waals surface area contributed by atoms with Gasteiger partial charge in [-0.05, 0) is 18.4 Å². The van der Waals surface area contributed by atoms with Crippen molar-refractivity contribution in [3.8, 4) is 0 Å². The number of ether oxygens (including phenoxy) is 1. The molecule has 0 aromatic rings. The van der Waals surface area contributed by atoms with E-state index in [9.17, 15) is 4.79 Å². The van der Waals surface area contributed by atoms with Gasteiger partial charge >= 0.3 is 0 Å². The van der Waals surface area contributed by atoms with E-state index >= 15 is 0 Å². The summed E-state index contributed by atoms with van der Waals surface area (Å²) in [6, 6.07) is 0. The minimum absolute atomic E-state index is 0.00200. The van der Waals surface area contributed by atoms with Crippen LogP contribution in [-0.4, -0.2) is 32.2 Å². The first-order valence-electron chi connectivity index (χ1n) is 4.71. The van der Waals surface area contributed by atoms with Crippen LogP contribution in [0.5, 0.6) is 0 Å². The van der Waals surface area contributed by atoms with Crippen molar-refractivity contribution in [3.05, 3.63) is 10.4 Å². The third-order valence-corrected chi connectivity index (χ3v) is 2.11. The maximum atomic E-state index is 11.4. The van der Waals surface area contributed by atoms with Crippen LogP contribution in [0.25, 0.3) is 10.4 Å². The highest BCUT2D eigenvalue weighted by molar-refractivity contribution is 5.78. The van der Waals surface area contributed by atoms with E-state index in [4.69, 9.17) is 10.3 Å². The van der Waals surface area contributed by atoms with Crippen LogP contribution in [0.1, 0.15) is 12.8 Å². The van der Waals surface area contributed by atoms with Gasteiger partial charge in [-0.15, -0.1) is 0 Å². The van der Waals surface area contributed by atoms with Gasteiger partial charge in [-0.25, -0.2) is 0 Å². The predicted octanol–water partition coefficient (Wildman–Crippen LogP) is 0.839. The number of rotatable bonds is 4. The molecule has 6 heteroatoms. The maximum absolute atomic E-state index is 11.4. The van der Waals surface area contributed by atoms with E-state index in [0.717, 1.165) is 19.4 Å². The van der Waals surface area contributed by atoms with Crippen LogP contribution in [0.4, 0.5) is 0 Å². The van der Waals surface area contributed by atoms with Crippen LogP contribution in [-0.2, 0) is 9.53 Å². The molecule has 14 heavy (non-hydrogen) atoms. The molecule has 1 unspecified atom stereocenters. The Morgan fingerprint density at radius 2 is 2.57 bits per heavy atom. The molecule has 1 atom stereocenters. The highest BCUT2D eigenvalue weighted by Crippen LogP contribution is 2.12. The third kappa shape index (κ3) is 3.64. The molecule has 78 valence electrons. The van der Waals surface area contributed by atoms with Crippen LogP contribution in [0, 0.1) is 5.92 Å². The van der Waals surface area contributed by atoms with Gasteiger partial charge in [0.2, 0.25) is 5.91 Å². The number of nitrogens with one attached hydrogen (secondary N) is 1. The number of carbonyl (C=O) groups excluding carboxylic acids is 1. The lowest BCUT2D eigenvalue weighted by molar-refractivity contribution is -0.128. The monoisotopic (exact) mass is 198 g/mol. The van der Waals surface area contributed by atoms with Gasteiger partial charge in [0, 0.05) is 24.6 Å². The largest absolute Gasteiger partial charge is 0.381 e. The van der Waals surface area contributed by atoms with Crippen LogP contribution in [0.3, 0.4) is 0 Å². The first kappa shape index (κ1) is 10.8. The molecule has 1 saturated heterocycles. The Hall–Kier alpha value is -1.26. The fraction of sp³-hybridized carbons (Fsp3) is 0.875. The number of amides is 1.